The van der Waals surface area contributed by atoms with Crippen LogP contribution in [0.25, 0.3) is 0 Å². The predicted octanol–water partition coefficient (Wildman–Crippen LogP) is 2.01. The van der Waals surface area contributed by atoms with Crippen LogP contribution < -0.4 is 4.90 Å². The second kappa shape index (κ2) is 8.25. The van der Waals surface area contributed by atoms with Gasteiger partial charge in [0.25, 0.3) is 0 Å². The van der Waals surface area contributed by atoms with Gasteiger partial charge in [-0.25, -0.2) is 4.98 Å². The molecular weight excluding hydrogens is 322 g/mol. The highest BCUT2D eigenvalue weighted by Gasteiger charge is 2.26. The number of aryl methyl sites for hydroxylation is 1. The molecule has 2 aliphatic rings. The van der Waals surface area contributed by atoms with Crippen molar-refractivity contribution in [3.8, 4) is 0 Å². The Morgan fingerprint density at radius 3 is 2.54 bits per heavy atom. The van der Waals surface area contributed by atoms with E-state index in [1.165, 1.54) is 43.6 Å². The van der Waals surface area contributed by atoms with Gasteiger partial charge in [0.2, 0.25) is 11.0 Å². The van der Waals surface area contributed by atoms with Crippen LogP contribution in [0.1, 0.15) is 44.9 Å². The monoisotopic (exact) mass is 351 g/mol. The molecule has 1 aromatic rings. The fraction of sp³-hybridized carbons (Fsp3) is 0.824. The Balaban J connectivity index is 1.45. The number of amides is 1. The number of carbonyl (C=O) groups is 1. The van der Waals surface area contributed by atoms with Crippen LogP contribution >= 0.6 is 11.5 Å². The van der Waals surface area contributed by atoms with Crippen LogP contribution in [0.15, 0.2) is 0 Å². The summed E-state index contributed by atoms with van der Waals surface area (Å²) < 4.78 is 4.37. The Morgan fingerprint density at radius 1 is 1.21 bits per heavy atom. The maximum atomic E-state index is 12.6. The molecule has 134 valence electrons. The van der Waals surface area contributed by atoms with Crippen molar-refractivity contribution in [3.05, 3.63) is 5.82 Å². The number of hydrogen-bond acceptors (Lipinski definition) is 6. The van der Waals surface area contributed by atoms with E-state index in [1.54, 1.807) is 0 Å². The number of nitrogens with zero attached hydrogens (tertiary/aromatic N) is 5. The minimum atomic E-state index is 0.277. The fourth-order valence-electron chi connectivity index (χ4n) is 3.59. The van der Waals surface area contributed by atoms with Crippen LogP contribution in [0, 0.1) is 0 Å². The number of rotatable bonds is 5. The molecule has 1 saturated heterocycles. The molecule has 1 aliphatic heterocycles. The summed E-state index contributed by atoms with van der Waals surface area (Å²) in [5.41, 5.74) is 0. The molecule has 0 aromatic carbocycles. The maximum Gasteiger partial charge on any atom is 0.236 e. The van der Waals surface area contributed by atoms with E-state index in [0.29, 0.717) is 12.6 Å². The predicted molar refractivity (Wildman–Crippen MR) is 97.6 cm³/mol. The molecule has 0 spiro atoms. The molecule has 1 amide bonds. The van der Waals surface area contributed by atoms with Gasteiger partial charge in [0, 0.05) is 57.2 Å². The summed E-state index contributed by atoms with van der Waals surface area (Å²) in [6.45, 7) is 6.34. The van der Waals surface area contributed by atoms with Crippen LogP contribution in [0.2, 0.25) is 0 Å². The first-order valence-corrected chi connectivity index (χ1v) is 10.00. The minimum absolute atomic E-state index is 0.277. The Hall–Kier alpha value is -1.21. The molecule has 6 nitrogen and oxygen atoms in total. The van der Waals surface area contributed by atoms with E-state index in [4.69, 9.17) is 0 Å². The Labute approximate surface area is 149 Å². The van der Waals surface area contributed by atoms with Gasteiger partial charge in [0.15, 0.2) is 0 Å². The standard InChI is InChI=1S/C17H29N5OS/c1-3-15-18-17(24-19-15)22-11-9-21(10-12-22)13-16(23)20(2)14-7-5-4-6-8-14/h14H,3-13H2,1-2H3. The molecule has 1 aromatic heterocycles. The zero-order valence-electron chi connectivity index (χ0n) is 14.9. The molecule has 1 aliphatic carbocycles. The highest BCUT2D eigenvalue weighted by molar-refractivity contribution is 7.09. The van der Waals surface area contributed by atoms with Crippen molar-refractivity contribution in [2.75, 3.05) is 44.7 Å². The summed E-state index contributed by atoms with van der Waals surface area (Å²) in [5.74, 6) is 1.21. The van der Waals surface area contributed by atoms with E-state index in [1.807, 2.05) is 11.9 Å². The zero-order valence-corrected chi connectivity index (χ0v) is 15.7. The Bertz CT molecular complexity index is 535. The van der Waals surface area contributed by atoms with Crippen molar-refractivity contribution in [2.24, 2.45) is 0 Å². The largest absolute Gasteiger partial charge is 0.344 e. The minimum Gasteiger partial charge on any atom is -0.344 e. The van der Waals surface area contributed by atoms with Gasteiger partial charge >= 0.3 is 0 Å². The van der Waals surface area contributed by atoms with Gasteiger partial charge < -0.3 is 9.80 Å². The number of piperazine rings is 1. The summed E-state index contributed by atoms with van der Waals surface area (Å²) >= 11 is 1.49. The first-order valence-electron chi connectivity index (χ1n) is 9.23. The molecular formula is C17H29N5OS. The first kappa shape index (κ1) is 17.6. The van der Waals surface area contributed by atoms with Gasteiger partial charge in [0.1, 0.15) is 5.82 Å². The summed E-state index contributed by atoms with van der Waals surface area (Å²) in [7, 11) is 1.99. The molecule has 0 bridgehead atoms. The number of likely N-dealkylation sites (N-methyl/N-ethyl adjacent to an activating group) is 1. The van der Waals surface area contributed by atoms with Crippen molar-refractivity contribution in [2.45, 2.75) is 51.5 Å². The van der Waals surface area contributed by atoms with Crippen molar-refractivity contribution in [1.82, 2.24) is 19.2 Å². The van der Waals surface area contributed by atoms with Crippen molar-refractivity contribution in [3.63, 3.8) is 0 Å². The van der Waals surface area contributed by atoms with Gasteiger partial charge in [-0.15, -0.1) is 0 Å². The number of aromatic nitrogens is 2. The van der Waals surface area contributed by atoms with E-state index < -0.39 is 0 Å². The molecule has 1 saturated carbocycles. The molecule has 3 rings (SSSR count). The number of hydrogen-bond donors (Lipinski definition) is 0. The fourth-order valence-corrected chi connectivity index (χ4v) is 4.39. The SMILES string of the molecule is CCc1nsc(N2CCN(CC(=O)N(C)C3CCCCC3)CC2)n1. The van der Waals surface area contributed by atoms with Gasteiger partial charge in [-0.3, -0.25) is 9.69 Å². The summed E-state index contributed by atoms with van der Waals surface area (Å²) in [6.07, 6.45) is 7.09. The number of anilines is 1. The summed E-state index contributed by atoms with van der Waals surface area (Å²) in [5, 5.41) is 1.03. The van der Waals surface area contributed by atoms with Gasteiger partial charge in [0.05, 0.1) is 6.54 Å². The quantitative estimate of drug-likeness (QED) is 0.812. The van der Waals surface area contributed by atoms with Gasteiger partial charge in [-0.05, 0) is 12.8 Å². The van der Waals surface area contributed by atoms with Crippen LogP contribution in [0.3, 0.4) is 0 Å². The Kier molecular flexibility index (Phi) is 6.05. The third-order valence-electron chi connectivity index (χ3n) is 5.29. The molecule has 7 heteroatoms. The van der Waals surface area contributed by atoms with Crippen molar-refractivity contribution in [1.29, 1.82) is 0 Å². The first-order chi connectivity index (χ1) is 11.7. The second-order valence-electron chi connectivity index (χ2n) is 6.91. The Morgan fingerprint density at radius 2 is 1.92 bits per heavy atom. The summed E-state index contributed by atoms with van der Waals surface area (Å²) in [4.78, 5) is 23.7. The van der Waals surface area contributed by atoms with Crippen molar-refractivity contribution >= 4 is 22.6 Å². The lowest BCUT2D eigenvalue weighted by molar-refractivity contribution is -0.133. The maximum absolute atomic E-state index is 12.6. The highest BCUT2D eigenvalue weighted by Crippen LogP contribution is 2.22. The van der Waals surface area contributed by atoms with E-state index in [0.717, 1.165) is 43.6 Å². The van der Waals surface area contributed by atoms with E-state index in [9.17, 15) is 4.79 Å². The molecule has 0 radical (unpaired) electrons. The molecule has 24 heavy (non-hydrogen) atoms. The van der Waals surface area contributed by atoms with Crippen LogP contribution in [-0.4, -0.2) is 70.9 Å². The third-order valence-corrected chi connectivity index (χ3v) is 6.11. The third kappa shape index (κ3) is 4.25. The lowest BCUT2D eigenvalue weighted by Crippen LogP contribution is -2.51. The topological polar surface area (TPSA) is 52.6 Å². The van der Waals surface area contributed by atoms with Crippen molar-refractivity contribution < 1.29 is 4.79 Å². The molecule has 0 unspecified atom stereocenters. The molecule has 2 heterocycles. The molecule has 0 N–H and O–H groups in total. The molecule has 2 fully saturated rings. The average molecular weight is 352 g/mol. The number of carbonyl (C=O) groups excluding carboxylic acids is 1. The second-order valence-corrected chi connectivity index (χ2v) is 7.64. The van der Waals surface area contributed by atoms with Crippen LogP contribution in [-0.2, 0) is 11.2 Å². The molecule has 0 atom stereocenters. The zero-order chi connectivity index (χ0) is 16.9. The van der Waals surface area contributed by atoms with Crippen LogP contribution in [0.4, 0.5) is 5.13 Å². The average Bonchev–Trinajstić information content (AvgIpc) is 3.11. The van der Waals surface area contributed by atoms with Gasteiger partial charge in [-0.1, -0.05) is 26.2 Å². The smallest absolute Gasteiger partial charge is 0.236 e. The lowest BCUT2D eigenvalue weighted by atomic mass is 9.94. The highest BCUT2D eigenvalue weighted by atomic mass is 32.1. The van der Waals surface area contributed by atoms with Crippen LogP contribution in [0.5, 0.6) is 0 Å². The van der Waals surface area contributed by atoms with E-state index >= 15 is 0 Å². The van der Waals surface area contributed by atoms with E-state index in [-0.39, 0.29) is 5.91 Å². The van der Waals surface area contributed by atoms with Gasteiger partial charge in [-0.2, -0.15) is 4.37 Å². The lowest BCUT2D eigenvalue weighted by Gasteiger charge is -2.36. The summed E-state index contributed by atoms with van der Waals surface area (Å²) in [6, 6.07) is 0.460. The van der Waals surface area contributed by atoms with E-state index in [2.05, 4.69) is 26.1 Å². The normalized spacial score (nSPS) is 20.3.